The number of fused-ring (bicyclic) bond motifs is 1. The molecule has 6 heteroatoms. The molecule has 1 aliphatic heterocycles. The van der Waals surface area contributed by atoms with Crippen molar-refractivity contribution in [2.24, 2.45) is 0 Å². The van der Waals surface area contributed by atoms with E-state index in [-0.39, 0.29) is 6.04 Å². The highest BCUT2D eigenvalue weighted by Crippen LogP contribution is 2.39. The van der Waals surface area contributed by atoms with E-state index in [0.717, 1.165) is 24.5 Å². The van der Waals surface area contributed by atoms with Crippen LogP contribution in [0.2, 0.25) is 0 Å². The van der Waals surface area contributed by atoms with E-state index in [1.165, 1.54) is 12.8 Å². The van der Waals surface area contributed by atoms with E-state index in [4.69, 9.17) is 5.11 Å². The van der Waals surface area contributed by atoms with Crippen LogP contribution in [0.4, 0.5) is 4.79 Å². The molecule has 2 heterocycles. The minimum Gasteiger partial charge on any atom is -0.465 e. The Bertz CT molecular complexity index is 424. The van der Waals surface area contributed by atoms with Gasteiger partial charge < -0.3 is 15.0 Å². The summed E-state index contributed by atoms with van der Waals surface area (Å²) in [5.74, 6) is 2.61. The molecule has 0 radical (unpaired) electrons. The fourth-order valence-corrected chi connectivity index (χ4v) is 2.28. The Morgan fingerprint density at radius 2 is 2.19 bits per heavy atom. The van der Waals surface area contributed by atoms with Gasteiger partial charge in [-0.25, -0.2) is 4.79 Å². The second-order valence-corrected chi connectivity index (χ2v) is 4.54. The first-order chi connectivity index (χ1) is 7.74. The summed E-state index contributed by atoms with van der Waals surface area (Å²) in [6.45, 7) is 0.681. The van der Waals surface area contributed by atoms with Crippen molar-refractivity contribution in [3.63, 3.8) is 0 Å². The Kier molecular flexibility index (Phi) is 2.08. The molecule has 1 saturated carbocycles. The predicted molar refractivity (Wildman–Crippen MR) is 55.3 cm³/mol. The van der Waals surface area contributed by atoms with Gasteiger partial charge in [0.1, 0.15) is 11.6 Å². The maximum atomic E-state index is 10.6. The fraction of sp³-hybridized carbons (Fsp3) is 0.700. The second kappa shape index (κ2) is 3.47. The first kappa shape index (κ1) is 9.62. The minimum absolute atomic E-state index is 0.00139. The van der Waals surface area contributed by atoms with Crippen molar-refractivity contribution >= 4 is 6.09 Å². The standard InChI is InChI=1S/C10H14N4O2/c15-10(16)11-7-3-4-8-12-13-9(6-1-2-6)14(8)5-7/h6-7,11H,1-5H2,(H,15,16). The van der Waals surface area contributed by atoms with Gasteiger partial charge >= 0.3 is 6.09 Å². The van der Waals surface area contributed by atoms with Gasteiger partial charge in [0.25, 0.3) is 0 Å². The van der Waals surface area contributed by atoms with Gasteiger partial charge in [-0.3, -0.25) is 0 Å². The molecule has 1 aromatic rings. The second-order valence-electron chi connectivity index (χ2n) is 4.54. The first-order valence-electron chi connectivity index (χ1n) is 5.65. The highest BCUT2D eigenvalue weighted by atomic mass is 16.4. The van der Waals surface area contributed by atoms with Crippen LogP contribution in [0, 0.1) is 0 Å². The minimum atomic E-state index is -0.950. The summed E-state index contributed by atoms with van der Waals surface area (Å²) in [4.78, 5) is 10.6. The van der Waals surface area contributed by atoms with Crippen LogP contribution < -0.4 is 5.32 Å². The van der Waals surface area contributed by atoms with E-state index in [9.17, 15) is 4.79 Å². The lowest BCUT2D eigenvalue weighted by Crippen LogP contribution is -2.40. The van der Waals surface area contributed by atoms with Gasteiger partial charge in [0.05, 0.1) is 6.04 Å². The van der Waals surface area contributed by atoms with Gasteiger partial charge in [-0.05, 0) is 19.3 Å². The smallest absolute Gasteiger partial charge is 0.404 e. The van der Waals surface area contributed by atoms with Crippen molar-refractivity contribution in [3.05, 3.63) is 11.6 Å². The number of nitrogens with zero attached hydrogens (tertiary/aromatic N) is 3. The summed E-state index contributed by atoms with van der Waals surface area (Å²) in [6, 6.07) is -0.00139. The van der Waals surface area contributed by atoms with E-state index in [1.54, 1.807) is 0 Å². The quantitative estimate of drug-likeness (QED) is 0.773. The van der Waals surface area contributed by atoms with Crippen molar-refractivity contribution in [3.8, 4) is 0 Å². The molecule has 0 bridgehead atoms. The molecule has 1 fully saturated rings. The third-order valence-electron chi connectivity index (χ3n) is 3.25. The average molecular weight is 222 g/mol. The summed E-state index contributed by atoms with van der Waals surface area (Å²) in [5, 5.41) is 19.6. The molecule has 3 rings (SSSR count). The number of carboxylic acid groups (broad SMARTS) is 1. The average Bonchev–Trinajstić information content (AvgIpc) is 2.98. The zero-order chi connectivity index (χ0) is 11.1. The molecule has 1 amide bonds. The SMILES string of the molecule is O=C(O)NC1CCc2nnc(C3CC3)n2C1. The molecule has 0 saturated heterocycles. The Morgan fingerprint density at radius 1 is 1.38 bits per heavy atom. The molecule has 6 nitrogen and oxygen atoms in total. The third kappa shape index (κ3) is 1.64. The number of amides is 1. The van der Waals surface area contributed by atoms with Crippen molar-refractivity contribution in [1.82, 2.24) is 20.1 Å². The van der Waals surface area contributed by atoms with Crippen molar-refractivity contribution < 1.29 is 9.90 Å². The largest absolute Gasteiger partial charge is 0.465 e. The topological polar surface area (TPSA) is 80.0 Å². The van der Waals surface area contributed by atoms with Crippen LogP contribution in [-0.4, -0.2) is 32.0 Å². The molecule has 2 N–H and O–H groups in total. The zero-order valence-corrected chi connectivity index (χ0v) is 8.89. The lowest BCUT2D eigenvalue weighted by Gasteiger charge is -2.24. The number of rotatable bonds is 2. The molecule has 86 valence electrons. The molecule has 1 unspecified atom stereocenters. The van der Waals surface area contributed by atoms with Crippen LogP contribution in [0.3, 0.4) is 0 Å². The van der Waals surface area contributed by atoms with Gasteiger partial charge in [0, 0.05) is 18.9 Å². The molecule has 1 aromatic heterocycles. The van der Waals surface area contributed by atoms with Crippen molar-refractivity contribution in [2.45, 2.75) is 44.2 Å². The first-order valence-corrected chi connectivity index (χ1v) is 5.65. The Balaban J connectivity index is 1.80. The van der Waals surface area contributed by atoms with Gasteiger partial charge in [-0.15, -0.1) is 10.2 Å². The summed E-state index contributed by atoms with van der Waals surface area (Å²) in [6.07, 6.45) is 3.05. The van der Waals surface area contributed by atoms with Crippen LogP contribution >= 0.6 is 0 Å². The molecule has 1 aliphatic carbocycles. The summed E-state index contributed by atoms with van der Waals surface area (Å²) >= 11 is 0. The summed E-state index contributed by atoms with van der Waals surface area (Å²) in [5.41, 5.74) is 0. The van der Waals surface area contributed by atoms with E-state index < -0.39 is 6.09 Å². The molecule has 0 aromatic carbocycles. The zero-order valence-electron chi connectivity index (χ0n) is 8.89. The van der Waals surface area contributed by atoms with Crippen LogP contribution in [0.5, 0.6) is 0 Å². The van der Waals surface area contributed by atoms with Crippen LogP contribution in [0.15, 0.2) is 0 Å². The van der Waals surface area contributed by atoms with Crippen LogP contribution in [-0.2, 0) is 13.0 Å². The molecular formula is C10H14N4O2. The Morgan fingerprint density at radius 3 is 2.88 bits per heavy atom. The lowest BCUT2D eigenvalue weighted by atomic mass is 10.1. The van der Waals surface area contributed by atoms with Crippen molar-refractivity contribution in [2.75, 3.05) is 0 Å². The predicted octanol–water partition coefficient (Wildman–Crippen LogP) is 0.738. The summed E-state index contributed by atoms with van der Waals surface area (Å²) in [7, 11) is 0. The molecule has 1 atom stereocenters. The van der Waals surface area contributed by atoms with Crippen LogP contribution in [0.25, 0.3) is 0 Å². The monoisotopic (exact) mass is 222 g/mol. The Hall–Kier alpha value is -1.59. The highest BCUT2D eigenvalue weighted by molar-refractivity contribution is 5.64. The lowest BCUT2D eigenvalue weighted by molar-refractivity contribution is 0.186. The van der Waals surface area contributed by atoms with Crippen molar-refractivity contribution in [1.29, 1.82) is 0 Å². The number of carbonyl (C=O) groups is 1. The fourth-order valence-electron chi connectivity index (χ4n) is 2.28. The van der Waals surface area contributed by atoms with E-state index in [1.807, 2.05) is 0 Å². The molecule has 0 spiro atoms. The summed E-state index contributed by atoms with van der Waals surface area (Å²) < 4.78 is 2.10. The third-order valence-corrected chi connectivity index (χ3v) is 3.25. The van der Waals surface area contributed by atoms with Gasteiger partial charge in [0.2, 0.25) is 0 Å². The molecular weight excluding hydrogens is 208 g/mol. The maximum Gasteiger partial charge on any atom is 0.404 e. The van der Waals surface area contributed by atoms with Gasteiger partial charge in [-0.2, -0.15) is 0 Å². The van der Waals surface area contributed by atoms with Gasteiger partial charge in [-0.1, -0.05) is 0 Å². The van der Waals surface area contributed by atoms with Crippen LogP contribution in [0.1, 0.15) is 36.8 Å². The maximum absolute atomic E-state index is 10.6. The van der Waals surface area contributed by atoms with E-state index in [0.29, 0.717) is 12.5 Å². The van der Waals surface area contributed by atoms with E-state index >= 15 is 0 Å². The number of nitrogens with one attached hydrogen (secondary N) is 1. The normalized spacial score (nSPS) is 23.9. The number of aryl methyl sites for hydroxylation is 1. The molecule has 16 heavy (non-hydrogen) atoms. The number of aromatic nitrogens is 3. The Labute approximate surface area is 92.7 Å². The van der Waals surface area contributed by atoms with Gasteiger partial charge in [0.15, 0.2) is 0 Å². The number of hydrogen-bond acceptors (Lipinski definition) is 3. The molecule has 2 aliphatic rings. The van der Waals surface area contributed by atoms with E-state index in [2.05, 4.69) is 20.1 Å². The highest BCUT2D eigenvalue weighted by Gasteiger charge is 2.32. The number of hydrogen-bond donors (Lipinski definition) is 2.